The second-order valence-electron chi connectivity index (χ2n) is 5.75. The van der Waals surface area contributed by atoms with Gasteiger partial charge in [0.25, 0.3) is 0 Å². The number of carbonyl (C=O) groups is 2. The summed E-state index contributed by atoms with van der Waals surface area (Å²) < 4.78 is 18.9. The summed E-state index contributed by atoms with van der Waals surface area (Å²) in [5, 5.41) is 3.12. The number of halogens is 2. The predicted molar refractivity (Wildman–Crippen MR) is 99.0 cm³/mol. The molecule has 138 valence electrons. The molecule has 2 rings (SSSR count). The van der Waals surface area contributed by atoms with Gasteiger partial charge in [0.05, 0.1) is 12.8 Å². The third-order valence-electron chi connectivity index (χ3n) is 3.87. The van der Waals surface area contributed by atoms with Crippen LogP contribution in [0.15, 0.2) is 36.4 Å². The van der Waals surface area contributed by atoms with E-state index >= 15 is 0 Å². The number of hydrogen-bond donors (Lipinski definition) is 1. The van der Waals surface area contributed by atoms with E-state index in [0.29, 0.717) is 22.0 Å². The predicted octanol–water partition coefficient (Wildman–Crippen LogP) is 3.47. The van der Waals surface area contributed by atoms with E-state index in [1.54, 1.807) is 37.3 Å². The van der Waals surface area contributed by atoms with E-state index in [4.69, 9.17) is 16.3 Å². The standard InChI is InChI=1S/C19H20ClFN2O3/c1-12-8-17(18(26-3)9-15(12)20)23(13(2)24)11-19(25)22-10-14-6-4-5-7-16(14)21/h4-9H,10-11H2,1-3H3,(H,22,25). The molecule has 0 aromatic heterocycles. The fourth-order valence-electron chi connectivity index (χ4n) is 2.42. The second-order valence-corrected chi connectivity index (χ2v) is 6.15. The summed E-state index contributed by atoms with van der Waals surface area (Å²) in [6.07, 6.45) is 0. The summed E-state index contributed by atoms with van der Waals surface area (Å²) in [7, 11) is 1.46. The molecule has 0 heterocycles. The van der Waals surface area contributed by atoms with Crippen LogP contribution in [-0.4, -0.2) is 25.5 Å². The molecule has 0 atom stereocenters. The van der Waals surface area contributed by atoms with Gasteiger partial charge in [0.1, 0.15) is 18.1 Å². The monoisotopic (exact) mass is 378 g/mol. The number of aryl methyl sites for hydroxylation is 1. The molecule has 26 heavy (non-hydrogen) atoms. The summed E-state index contributed by atoms with van der Waals surface area (Å²) in [5.41, 5.74) is 1.57. The molecule has 0 unspecified atom stereocenters. The van der Waals surface area contributed by atoms with Crippen LogP contribution in [0.3, 0.4) is 0 Å². The molecule has 0 aliphatic carbocycles. The molecule has 2 amide bonds. The van der Waals surface area contributed by atoms with E-state index in [9.17, 15) is 14.0 Å². The summed E-state index contributed by atoms with van der Waals surface area (Å²) in [4.78, 5) is 25.6. The number of anilines is 1. The zero-order valence-electron chi connectivity index (χ0n) is 14.8. The molecule has 5 nitrogen and oxygen atoms in total. The molecule has 0 fully saturated rings. The third kappa shape index (κ3) is 4.73. The van der Waals surface area contributed by atoms with Crippen molar-refractivity contribution in [1.29, 1.82) is 0 Å². The average molecular weight is 379 g/mol. The Labute approximate surface area is 156 Å². The van der Waals surface area contributed by atoms with Gasteiger partial charge in [0.15, 0.2) is 0 Å². The van der Waals surface area contributed by atoms with E-state index < -0.39 is 11.7 Å². The summed E-state index contributed by atoms with van der Waals surface area (Å²) in [6, 6.07) is 9.46. The van der Waals surface area contributed by atoms with Crippen LogP contribution < -0.4 is 15.0 Å². The van der Waals surface area contributed by atoms with Gasteiger partial charge in [-0.1, -0.05) is 29.8 Å². The highest BCUT2D eigenvalue weighted by Gasteiger charge is 2.20. The van der Waals surface area contributed by atoms with Gasteiger partial charge in [-0.2, -0.15) is 0 Å². The Morgan fingerprint density at radius 2 is 1.96 bits per heavy atom. The first-order valence-corrected chi connectivity index (χ1v) is 8.33. The first-order valence-electron chi connectivity index (χ1n) is 7.95. The lowest BCUT2D eigenvalue weighted by Crippen LogP contribution is -2.40. The Morgan fingerprint density at radius 1 is 1.27 bits per heavy atom. The molecule has 0 radical (unpaired) electrons. The Morgan fingerprint density at radius 3 is 2.58 bits per heavy atom. The van der Waals surface area contributed by atoms with Gasteiger partial charge >= 0.3 is 0 Å². The molecule has 1 N–H and O–H groups in total. The van der Waals surface area contributed by atoms with Gasteiger partial charge in [-0.05, 0) is 24.6 Å². The van der Waals surface area contributed by atoms with Gasteiger partial charge in [-0.15, -0.1) is 0 Å². The maximum atomic E-state index is 13.6. The quantitative estimate of drug-likeness (QED) is 0.837. The van der Waals surface area contributed by atoms with Crippen molar-refractivity contribution >= 4 is 29.1 Å². The molecule has 7 heteroatoms. The number of methoxy groups -OCH3 is 1. The highest BCUT2D eigenvalue weighted by Crippen LogP contribution is 2.33. The normalized spacial score (nSPS) is 10.3. The summed E-state index contributed by atoms with van der Waals surface area (Å²) >= 11 is 6.09. The van der Waals surface area contributed by atoms with Crippen LogP contribution in [0.5, 0.6) is 5.75 Å². The third-order valence-corrected chi connectivity index (χ3v) is 4.27. The number of ether oxygens (including phenoxy) is 1. The number of nitrogens with zero attached hydrogens (tertiary/aromatic N) is 1. The molecular weight excluding hydrogens is 359 g/mol. The number of nitrogens with one attached hydrogen (secondary N) is 1. The van der Waals surface area contributed by atoms with Crippen molar-refractivity contribution in [3.8, 4) is 5.75 Å². The second kappa shape index (κ2) is 8.67. The summed E-state index contributed by atoms with van der Waals surface area (Å²) in [6.45, 7) is 2.96. The van der Waals surface area contributed by atoms with Gasteiger partial charge in [0.2, 0.25) is 11.8 Å². The van der Waals surface area contributed by atoms with Crippen LogP contribution in [0.4, 0.5) is 10.1 Å². The molecule has 0 aliphatic heterocycles. The van der Waals surface area contributed by atoms with E-state index in [-0.39, 0.29) is 19.0 Å². The molecular formula is C19H20ClFN2O3. The Bertz CT molecular complexity index is 826. The lowest BCUT2D eigenvalue weighted by molar-refractivity contribution is -0.123. The van der Waals surface area contributed by atoms with E-state index in [1.165, 1.54) is 25.0 Å². The zero-order valence-corrected chi connectivity index (χ0v) is 15.6. The van der Waals surface area contributed by atoms with Crippen molar-refractivity contribution in [2.24, 2.45) is 0 Å². The number of benzene rings is 2. The van der Waals surface area contributed by atoms with Crippen LogP contribution in [0.25, 0.3) is 0 Å². The highest BCUT2D eigenvalue weighted by molar-refractivity contribution is 6.31. The topological polar surface area (TPSA) is 58.6 Å². The molecule has 2 aromatic rings. The first-order chi connectivity index (χ1) is 12.3. The van der Waals surface area contributed by atoms with Crippen molar-refractivity contribution in [2.45, 2.75) is 20.4 Å². The van der Waals surface area contributed by atoms with Gasteiger partial charge in [-0.25, -0.2) is 4.39 Å². The van der Waals surface area contributed by atoms with Crippen molar-refractivity contribution in [3.05, 3.63) is 58.4 Å². The van der Waals surface area contributed by atoms with Crippen molar-refractivity contribution < 1.29 is 18.7 Å². The smallest absolute Gasteiger partial charge is 0.240 e. The Hall–Kier alpha value is -2.60. The Balaban J connectivity index is 2.16. The molecule has 0 bridgehead atoms. The fourth-order valence-corrected chi connectivity index (χ4v) is 2.58. The maximum Gasteiger partial charge on any atom is 0.240 e. The fraction of sp³-hybridized carbons (Fsp3) is 0.263. The molecule has 2 aromatic carbocycles. The van der Waals surface area contributed by atoms with Crippen LogP contribution in [0, 0.1) is 12.7 Å². The van der Waals surface area contributed by atoms with E-state index in [0.717, 1.165) is 5.56 Å². The minimum absolute atomic E-state index is 0.0357. The number of hydrogen-bond acceptors (Lipinski definition) is 3. The minimum atomic E-state index is -0.418. The first kappa shape index (κ1) is 19.7. The van der Waals surface area contributed by atoms with Crippen LogP contribution in [-0.2, 0) is 16.1 Å². The largest absolute Gasteiger partial charge is 0.495 e. The van der Waals surface area contributed by atoms with Crippen LogP contribution in [0.2, 0.25) is 5.02 Å². The Kier molecular flexibility index (Phi) is 6.58. The maximum absolute atomic E-state index is 13.6. The number of carbonyl (C=O) groups excluding carboxylic acids is 2. The number of amides is 2. The molecule has 0 saturated heterocycles. The van der Waals surface area contributed by atoms with Crippen molar-refractivity contribution in [1.82, 2.24) is 5.32 Å². The highest BCUT2D eigenvalue weighted by atomic mass is 35.5. The minimum Gasteiger partial charge on any atom is -0.495 e. The summed E-state index contributed by atoms with van der Waals surface area (Å²) in [5.74, 6) is -0.756. The van der Waals surface area contributed by atoms with Crippen molar-refractivity contribution in [2.75, 3.05) is 18.6 Å². The molecule has 0 spiro atoms. The van der Waals surface area contributed by atoms with Gasteiger partial charge in [0, 0.05) is 30.1 Å². The van der Waals surface area contributed by atoms with Crippen LogP contribution in [0.1, 0.15) is 18.1 Å². The van der Waals surface area contributed by atoms with Gasteiger partial charge in [-0.3, -0.25) is 14.5 Å². The van der Waals surface area contributed by atoms with Gasteiger partial charge < -0.3 is 10.1 Å². The van der Waals surface area contributed by atoms with E-state index in [1.807, 2.05) is 0 Å². The average Bonchev–Trinajstić information content (AvgIpc) is 2.60. The SMILES string of the molecule is COc1cc(Cl)c(C)cc1N(CC(=O)NCc1ccccc1F)C(C)=O. The van der Waals surface area contributed by atoms with Crippen LogP contribution >= 0.6 is 11.6 Å². The zero-order chi connectivity index (χ0) is 19.3. The van der Waals surface area contributed by atoms with E-state index in [2.05, 4.69) is 5.32 Å². The lowest BCUT2D eigenvalue weighted by atomic mass is 10.1. The lowest BCUT2D eigenvalue weighted by Gasteiger charge is -2.23. The number of rotatable bonds is 6. The van der Waals surface area contributed by atoms with Crippen molar-refractivity contribution in [3.63, 3.8) is 0 Å². The molecule has 0 aliphatic rings. The molecule has 0 saturated carbocycles.